The molecule has 0 spiro atoms. The summed E-state index contributed by atoms with van der Waals surface area (Å²) in [6.45, 7) is 2.62. The van der Waals surface area contributed by atoms with E-state index in [1.807, 2.05) is 25.1 Å². The summed E-state index contributed by atoms with van der Waals surface area (Å²) in [7, 11) is 0. The van der Waals surface area contributed by atoms with Gasteiger partial charge in [-0.25, -0.2) is 4.68 Å². The van der Waals surface area contributed by atoms with Crippen LogP contribution in [0.3, 0.4) is 0 Å². The number of aryl methyl sites for hydroxylation is 1. The molecule has 142 valence electrons. The molecule has 0 saturated carbocycles. The van der Waals surface area contributed by atoms with Crippen LogP contribution >= 0.6 is 11.8 Å². The summed E-state index contributed by atoms with van der Waals surface area (Å²) < 4.78 is 7.76. The topological polar surface area (TPSA) is 101 Å². The number of fused-ring (bicyclic) bond motifs is 5. The maximum absolute atomic E-state index is 13.3. The number of nitrogens with zero attached hydrogens (tertiary/aromatic N) is 4. The van der Waals surface area contributed by atoms with Crippen LogP contribution < -0.4 is 0 Å². The zero-order valence-corrected chi connectivity index (χ0v) is 15.5. The zero-order chi connectivity index (χ0) is 18.7. The average molecular weight is 388 g/mol. The maximum atomic E-state index is 13.3. The van der Waals surface area contributed by atoms with Crippen LogP contribution in [-0.2, 0) is 24.3 Å². The van der Waals surface area contributed by atoms with Crippen LogP contribution in [0.25, 0.3) is 0 Å². The first-order valence-electron chi connectivity index (χ1n) is 9.07. The first kappa shape index (κ1) is 17.2. The van der Waals surface area contributed by atoms with E-state index in [-0.39, 0.29) is 12.5 Å². The van der Waals surface area contributed by atoms with E-state index >= 15 is 0 Å². The lowest BCUT2D eigenvalue weighted by Crippen LogP contribution is -2.68. The van der Waals surface area contributed by atoms with Gasteiger partial charge in [0.25, 0.3) is 5.91 Å². The van der Waals surface area contributed by atoms with Crippen LogP contribution in [0.1, 0.15) is 28.7 Å². The third-order valence-electron chi connectivity index (χ3n) is 5.61. The maximum Gasteiger partial charge on any atom is 0.256 e. The summed E-state index contributed by atoms with van der Waals surface area (Å²) in [5, 5.41) is 29.3. The molecule has 1 fully saturated rings. The van der Waals surface area contributed by atoms with Crippen molar-refractivity contribution >= 4 is 17.7 Å². The number of thioether (sulfide) groups is 1. The lowest BCUT2D eigenvalue weighted by atomic mass is 9.92. The van der Waals surface area contributed by atoms with E-state index in [0.717, 1.165) is 22.7 Å². The van der Waals surface area contributed by atoms with Crippen molar-refractivity contribution in [2.24, 2.45) is 0 Å². The molecular formula is C18H20N4O4S. The summed E-state index contributed by atoms with van der Waals surface area (Å²) >= 11 is 1.40. The van der Waals surface area contributed by atoms with E-state index in [9.17, 15) is 15.0 Å². The van der Waals surface area contributed by atoms with E-state index < -0.39 is 29.7 Å². The molecule has 5 rings (SSSR count). The molecule has 5 atom stereocenters. The summed E-state index contributed by atoms with van der Waals surface area (Å²) in [5.74, 6) is -0.154. The van der Waals surface area contributed by atoms with E-state index in [1.54, 1.807) is 15.6 Å². The van der Waals surface area contributed by atoms with Crippen LogP contribution in [0.15, 0.2) is 29.2 Å². The second kappa shape index (κ2) is 6.30. The molecule has 1 aromatic heterocycles. The van der Waals surface area contributed by atoms with Gasteiger partial charge in [0.2, 0.25) is 0 Å². The van der Waals surface area contributed by atoms with Gasteiger partial charge in [-0.1, -0.05) is 36.0 Å². The molecule has 0 bridgehead atoms. The highest BCUT2D eigenvalue weighted by atomic mass is 32.2. The fourth-order valence-electron chi connectivity index (χ4n) is 4.21. The molecule has 2 N–H and O–H groups in total. The van der Waals surface area contributed by atoms with Crippen molar-refractivity contribution < 1.29 is 19.7 Å². The molecule has 0 radical (unpaired) electrons. The first-order valence-corrected chi connectivity index (χ1v) is 9.95. The summed E-state index contributed by atoms with van der Waals surface area (Å²) in [6.07, 6.45) is -2.13. The van der Waals surface area contributed by atoms with Gasteiger partial charge >= 0.3 is 0 Å². The summed E-state index contributed by atoms with van der Waals surface area (Å²) in [5.41, 5.74) is 2.32. The van der Waals surface area contributed by atoms with E-state index in [1.165, 1.54) is 11.8 Å². The van der Waals surface area contributed by atoms with Gasteiger partial charge in [-0.05, 0) is 18.6 Å². The average Bonchev–Trinajstić information content (AvgIpc) is 2.97. The lowest BCUT2D eigenvalue weighted by Gasteiger charge is -2.51. The van der Waals surface area contributed by atoms with Gasteiger partial charge in [0.15, 0.2) is 0 Å². The Balaban J connectivity index is 1.59. The molecule has 4 heterocycles. The number of piperidine rings is 1. The number of aliphatic hydroxyl groups is 2. The smallest absolute Gasteiger partial charge is 0.256 e. The van der Waals surface area contributed by atoms with Gasteiger partial charge in [-0.2, -0.15) is 0 Å². The minimum Gasteiger partial charge on any atom is -0.387 e. The molecule has 1 amide bonds. The number of aromatic nitrogens is 3. The number of carbonyl (C=O) groups is 1. The second-order valence-electron chi connectivity index (χ2n) is 7.06. The molecule has 8 nitrogen and oxygen atoms in total. The summed E-state index contributed by atoms with van der Waals surface area (Å²) in [6, 6.07) is 6.92. The lowest BCUT2D eigenvalue weighted by molar-refractivity contribution is -0.159. The van der Waals surface area contributed by atoms with Gasteiger partial charge in [-0.15, -0.1) is 5.10 Å². The van der Waals surface area contributed by atoms with Gasteiger partial charge in [0, 0.05) is 4.90 Å². The molecule has 1 aromatic carbocycles. The molecule has 1 saturated heterocycles. The number of hydrogen-bond acceptors (Lipinski definition) is 7. The van der Waals surface area contributed by atoms with Gasteiger partial charge in [0.05, 0.1) is 36.1 Å². The number of aliphatic hydroxyl groups excluding tert-OH is 2. The quantitative estimate of drug-likeness (QED) is 0.730. The SMILES string of the molecule is CCc1nnn2c1CO[C@H]1[C@H](O)[C@H](O)[C@@H]3Sc4ccccc4C(=O)N3[C@H]1C2. The van der Waals surface area contributed by atoms with E-state index in [2.05, 4.69) is 10.3 Å². The molecular weight excluding hydrogens is 368 g/mol. The van der Waals surface area contributed by atoms with Crippen LogP contribution in [0.4, 0.5) is 0 Å². The molecule has 0 unspecified atom stereocenters. The van der Waals surface area contributed by atoms with Crippen molar-refractivity contribution in [1.82, 2.24) is 19.9 Å². The third-order valence-corrected chi connectivity index (χ3v) is 6.97. The fraction of sp³-hybridized carbons (Fsp3) is 0.500. The number of rotatable bonds is 1. The fourth-order valence-corrected chi connectivity index (χ4v) is 5.58. The van der Waals surface area contributed by atoms with Crippen LogP contribution in [0, 0.1) is 0 Å². The normalized spacial score (nSPS) is 32.2. The first-order chi connectivity index (χ1) is 13.1. The Kier molecular flexibility index (Phi) is 4.01. The standard InChI is InChI=1S/C18H20N4O4S/c1-2-10-12-8-26-16-11(7-21(12)20-19-10)22-17(25)9-5-3-4-6-13(9)27-18(22)15(24)14(16)23/h3-6,11,14-16,18,23-24H,2,7-8H2,1H3/t11-,14+,15-,16+,18-/m0/s1. The number of ether oxygens (including phenoxy) is 1. The van der Waals surface area contributed by atoms with Crippen molar-refractivity contribution in [3.63, 3.8) is 0 Å². The highest BCUT2D eigenvalue weighted by Crippen LogP contribution is 2.43. The predicted molar refractivity (Wildman–Crippen MR) is 96.0 cm³/mol. The third kappa shape index (κ3) is 2.46. The molecule has 2 aromatic rings. The Bertz CT molecular complexity index is 903. The monoisotopic (exact) mass is 388 g/mol. The Labute approximate surface area is 160 Å². The van der Waals surface area contributed by atoms with Crippen LogP contribution in [-0.4, -0.2) is 65.7 Å². The highest BCUT2D eigenvalue weighted by Gasteiger charge is 2.54. The highest BCUT2D eigenvalue weighted by molar-refractivity contribution is 8.00. The molecule has 0 aliphatic carbocycles. The molecule has 9 heteroatoms. The largest absolute Gasteiger partial charge is 0.387 e. The second-order valence-corrected chi connectivity index (χ2v) is 8.22. The van der Waals surface area contributed by atoms with Crippen molar-refractivity contribution in [2.45, 2.75) is 61.1 Å². The Morgan fingerprint density at radius 1 is 1.30 bits per heavy atom. The number of hydrogen-bond donors (Lipinski definition) is 2. The number of carbonyl (C=O) groups excluding carboxylic acids is 1. The predicted octanol–water partition coefficient (Wildman–Crippen LogP) is 0.417. The van der Waals surface area contributed by atoms with Crippen molar-refractivity contribution in [2.75, 3.05) is 0 Å². The van der Waals surface area contributed by atoms with E-state index in [0.29, 0.717) is 12.1 Å². The number of benzene rings is 1. The summed E-state index contributed by atoms with van der Waals surface area (Å²) in [4.78, 5) is 15.7. The Morgan fingerprint density at radius 3 is 2.93 bits per heavy atom. The van der Waals surface area contributed by atoms with E-state index in [4.69, 9.17) is 4.74 Å². The zero-order valence-electron chi connectivity index (χ0n) is 14.7. The van der Waals surface area contributed by atoms with Gasteiger partial charge in [-0.3, -0.25) is 4.79 Å². The number of amides is 1. The minimum absolute atomic E-state index is 0.154. The van der Waals surface area contributed by atoms with Gasteiger partial charge in [0.1, 0.15) is 23.7 Å². The molecule has 27 heavy (non-hydrogen) atoms. The van der Waals surface area contributed by atoms with Crippen molar-refractivity contribution in [1.29, 1.82) is 0 Å². The Morgan fingerprint density at radius 2 is 2.11 bits per heavy atom. The van der Waals surface area contributed by atoms with Gasteiger partial charge < -0.3 is 19.8 Å². The molecule has 3 aliphatic rings. The van der Waals surface area contributed by atoms with Crippen molar-refractivity contribution in [3.8, 4) is 0 Å². The molecule has 3 aliphatic heterocycles. The van der Waals surface area contributed by atoms with Crippen molar-refractivity contribution in [3.05, 3.63) is 41.2 Å². The minimum atomic E-state index is -1.09. The van der Waals surface area contributed by atoms with Crippen LogP contribution in [0.2, 0.25) is 0 Å². The van der Waals surface area contributed by atoms with Crippen LogP contribution in [0.5, 0.6) is 0 Å². The Hall–Kier alpha value is -1.94.